The number of thioether (sulfide) groups is 1. The third kappa shape index (κ3) is 10.5. The zero-order valence-corrected chi connectivity index (χ0v) is 29.6. The number of thiophene rings is 1. The number of rotatable bonds is 22. The molecule has 1 aliphatic carbocycles. The Balaban J connectivity index is 1.83. The van der Waals surface area contributed by atoms with Gasteiger partial charge >= 0.3 is 0 Å². The number of allylic oxidation sites excluding steroid dienone is 3. The topological polar surface area (TPSA) is 60.6 Å². The molecule has 0 saturated carbocycles. The van der Waals surface area contributed by atoms with Crippen LogP contribution in [0.25, 0.3) is 5.57 Å². The van der Waals surface area contributed by atoms with Gasteiger partial charge in [0.15, 0.2) is 0 Å². The van der Waals surface area contributed by atoms with Gasteiger partial charge < -0.3 is 10.0 Å². The van der Waals surface area contributed by atoms with Crippen molar-refractivity contribution in [1.82, 2.24) is 0 Å². The fourth-order valence-corrected chi connectivity index (χ4v) is 8.07. The molecule has 244 valence electrons. The maximum atomic E-state index is 13.3. The summed E-state index contributed by atoms with van der Waals surface area (Å²) in [6.45, 7) is 12.9. The van der Waals surface area contributed by atoms with E-state index >= 15 is 0 Å². The molecule has 0 aromatic carbocycles. The zero-order valence-electron chi connectivity index (χ0n) is 27.9. The summed E-state index contributed by atoms with van der Waals surface area (Å²) in [5.41, 5.74) is 0.341. The lowest BCUT2D eigenvalue weighted by Crippen LogP contribution is -2.24. The van der Waals surface area contributed by atoms with E-state index in [1.807, 2.05) is 12.1 Å². The van der Waals surface area contributed by atoms with Gasteiger partial charge in [0.2, 0.25) is 16.6 Å². The minimum atomic E-state index is -0.589. The molecule has 5 nitrogen and oxygen atoms in total. The molecule has 0 spiro atoms. The highest BCUT2D eigenvalue weighted by Crippen LogP contribution is 2.42. The van der Waals surface area contributed by atoms with Crippen molar-refractivity contribution in [2.45, 2.75) is 130 Å². The molecule has 3 rings (SSSR count). The Bertz CT molecular complexity index is 1180. The molecule has 2 heterocycles. The van der Waals surface area contributed by atoms with E-state index in [1.54, 1.807) is 0 Å². The number of nitrogens with zero attached hydrogens (tertiary/aromatic N) is 2. The third-order valence-corrected chi connectivity index (χ3v) is 10.9. The van der Waals surface area contributed by atoms with E-state index in [2.05, 4.69) is 49.3 Å². The number of unbranched alkanes of at least 4 members (excludes halogenated alkanes) is 12. The van der Waals surface area contributed by atoms with Crippen LogP contribution in [0.15, 0.2) is 40.5 Å². The number of aliphatic hydroxyl groups excluding tert-OH is 1. The first-order valence-corrected chi connectivity index (χ1v) is 19.2. The van der Waals surface area contributed by atoms with Crippen LogP contribution in [0.3, 0.4) is 0 Å². The Kier molecular flexibility index (Phi) is 16.6. The van der Waals surface area contributed by atoms with Crippen molar-refractivity contribution in [1.29, 1.82) is 0 Å². The summed E-state index contributed by atoms with van der Waals surface area (Å²) < 4.78 is 2.43. The summed E-state index contributed by atoms with van der Waals surface area (Å²) in [4.78, 5) is 30.4. The number of hydrogen-bond acceptors (Lipinski definition) is 6. The predicted molar refractivity (Wildman–Crippen MR) is 191 cm³/mol. The van der Waals surface area contributed by atoms with E-state index in [9.17, 15) is 14.7 Å². The summed E-state index contributed by atoms with van der Waals surface area (Å²) in [6, 6.07) is 3.98. The summed E-state index contributed by atoms with van der Waals surface area (Å²) in [5, 5.41) is 13.6. The van der Waals surface area contributed by atoms with Crippen LogP contribution in [-0.4, -0.2) is 52.5 Å². The molecule has 2 aliphatic rings. The van der Waals surface area contributed by atoms with Gasteiger partial charge in [0.05, 0.1) is 16.1 Å². The molecule has 1 aliphatic heterocycles. The molecule has 0 unspecified atom stereocenters. The van der Waals surface area contributed by atoms with Crippen molar-refractivity contribution in [2.24, 2.45) is 0 Å². The van der Waals surface area contributed by atoms with Crippen LogP contribution in [0.4, 0.5) is 5.00 Å². The van der Waals surface area contributed by atoms with Crippen molar-refractivity contribution in [3.63, 3.8) is 0 Å². The highest BCUT2D eigenvalue weighted by Gasteiger charge is 2.41. The monoisotopic (exact) mass is 641 g/mol. The van der Waals surface area contributed by atoms with Crippen LogP contribution in [0.5, 0.6) is 0 Å². The fourth-order valence-electron chi connectivity index (χ4n) is 5.87. The molecule has 1 aromatic rings. The third-order valence-electron chi connectivity index (χ3n) is 8.56. The lowest BCUT2D eigenvalue weighted by Gasteiger charge is -2.23. The lowest BCUT2D eigenvalue weighted by atomic mass is 10.1. The van der Waals surface area contributed by atoms with Crippen LogP contribution < -0.4 is 4.90 Å². The first kappa shape index (κ1) is 36.3. The Hall–Kier alpha value is -2.12. The minimum Gasteiger partial charge on any atom is -0.506 e. The average molecular weight is 642 g/mol. The molecular weight excluding hydrogens is 585 g/mol. The largest absolute Gasteiger partial charge is 0.506 e. The second kappa shape index (κ2) is 20.1. The number of carbonyl (C=O) groups is 2. The van der Waals surface area contributed by atoms with Crippen molar-refractivity contribution in [3.8, 4) is 0 Å². The summed E-state index contributed by atoms with van der Waals surface area (Å²) >= 11 is 3.05. The molecular formula is C37H57N2O3S2+. The molecule has 0 atom stereocenters. The molecule has 7 heteroatoms. The minimum absolute atomic E-state index is 0.156. The number of Topliss-reactive ketones (excluding diaryl/α,β-unsaturated/α-hetero) is 2. The molecule has 1 N–H and O–H groups in total. The maximum absolute atomic E-state index is 13.3. The van der Waals surface area contributed by atoms with Crippen LogP contribution in [-0.2, 0) is 9.59 Å². The van der Waals surface area contributed by atoms with E-state index in [0.717, 1.165) is 61.9 Å². The molecule has 0 fully saturated rings. The van der Waals surface area contributed by atoms with Gasteiger partial charge in [0, 0.05) is 41.8 Å². The van der Waals surface area contributed by atoms with Gasteiger partial charge in [-0.1, -0.05) is 91.9 Å². The molecule has 1 aromatic heterocycles. The molecule has 0 radical (unpaired) electrons. The number of anilines is 1. The van der Waals surface area contributed by atoms with E-state index in [1.165, 1.54) is 100 Å². The molecule has 0 bridgehead atoms. The van der Waals surface area contributed by atoms with Gasteiger partial charge in [0.25, 0.3) is 0 Å². The molecule has 44 heavy (non-hydrogen) atoms. The van der Waals surface area contributed by atoms with Crippen LogP contribution in [0, 0.1) is 0 Å². The number of aliphatic hydroxyl groups is 1. The first-order valence-electron chi connectivity index (χ1n) is 17.6. The second-order valence-corrected chi connectivity index (χ2v) is 14.4. The number of ketones is 2. The summed E-state index contributed by atoms with van der Waals surface area (Å²) in [5.74, 6) is -1.33. The van der Waals surface area contributed by atoms with Crippen molar-refractivity contribution in [3.05, 3.63) is 45.4 Å². The Morgan fingerprint density at radius 3 is 1.73 bits per heavy atom. The van der Waals surface area contributed by atoms with Crippen LogP contribution in [0.2, 0.25) is 0 Å². The Labute approximate surface area is 275 Å². The highest BCUT2D eigenvalue weighted by molar-refractivity contribution is 8.18. The first-order chi connectivity index (χ1) is 21.5. The van der Waals surface area contributed by atoms with Gasteiger partial charge in [-0.3, -0.25) is 9.59 Å². The highest BCUT2D eigenvalue weighted by atomic mass is 32.2. The Morgan fingerprint density at radius 2 is 1.18 bits per heavy atom. The zero-order chi connectivity index (χ0) is 31.7. The van der Waals surface area contributed by atoms with Crippen LogP contribution in [0.1, 0.15) is 135 Å². The van der Waals surface area contributed by atoms with Crippen molar-refractivity contribution < 1.29 is 19.3 Å². The average Bonchev–Trinajstić information content (AvgIpc) is 3.74. The standard InChI is InChI=1S/C37H56N2O3S2/c1-5-9-13-17-25-38(26-18-14-10-6-2)31-23-21-29(43-31)33-35(40)34(37(42)36(33)41)30-22-24-32(44-30)39(27-19-15-11-7-3)28-20-16-12-8-4/h21-24H,5-20,25-28H2,1-4H3/p+1. The maximum Gasteiger partial charge on any atom is 0.239 e. The molecule has 0 saturated heterocycles. The molecule has 0 amide bonds. The second-order valence-electron chi connectivity index (χ2n) is 12.2. The van der Waals surface area contributed by atoms with Crippen molar-refractivity contribution in [2.75, 3.05) is 31.1 Å². The number of carbonyl (C=O) groups excluding carboxylic acids is 2. The smallest absolute Gasteiger partial charge is 0.239 e. The van der Waals surface area contributed by atoms with Gasteiger partial charge in [-0.25, -0.2) is 4.58 Å². The lowest BCUT2D eigenvalue weighted by molar-refractivity contribution is -0.525. The van der Waals surface area contributed by atoms with Gasteiger partial charge in [-0.05, 0) is 55.7 Å². The number of hydrogen-bond donors (Lipinski definition) is 1. The van der Waals surface area contributed by atoms with Gasteiger partial charge in [0.1, 0.15) is 18.8 Å². The van der Waals surface area contributed by atoms with E-state index < -0.39 is 11.6 Å². The van der Waals surface area contributed by atoms with E-state index in [-0.39, 0.29) is 16.9 Å². The van der Waals surface area contributed by atoms with Crippen molar-refractivity contribution >= 4 is 50.3 Å². The van der Waals surface area contributed by atoms with E-state index in [0.29, 0.717) is 9.78 Å². The van der Waals surface area contributed by atoms with Crippen LogP contribution >= 0.6 is 23.1 Å². The quantitative estimate of drug-likeness (QED) is 0.0591. The normalized spacial score (nSPS) is 16.7. The fraction of sp³-hybridized carbons (Fsp3) is 0.649. The SMILES string of the molecule is CCCCCCN(CCCCCC)c1ccc(C2=C(O)/C(=C3\C=CC(=[N+](CCCCCC)CCCCCC)S3)C(=O)C2=O)s1. The van der Waals surface area contributed by atoms with E-state index in [4.69, 9.17) is 0 Å². The summed E-state index contributed by atoms with van der Waals surface area (Å²) in [7, 11) is 0. The summed E-state index contributed by atoms with van der Waals surface area (Å²) in [6.07, 6.45) is 23.3. The predicted octanol–water partition coefficient (Wildman–Crippen LogP) is 10.3. The Morgan fingerprint density at radius 1 is 0.659 bits per heavy atom. The van der Waals surface area contributed by atoms with Gasteiger partial charge in [-0.2, -0.15) is 0 Å². The van der Waals surface area contributed by atoms with Gasteiger partial charge in [-0.15, -0.1) is 11.3 Å².